The molecule has 0 radical (unpaired) electrons. The Labute approximate surface area is 128 Å². The SMILES string of the molecule is CCNC(=O)[C@@H](C)OC(=O)c1oc2ccccc2c1COC. The highest BCUT2D eigenvalue weighted by molar-refractivity contribution is 5.97. The molecule has 0 aliphatic carbocycles. The Balaban J connectivity index is 2.27. The van der Waals surface area contributed by atoms with E-state index in [-0.39, 0.29) is 18.3 Å². The number of likely N-dealkylation sites (N-methyl/N-ethyl adjacent to an activating group) is 1. The lowest BCUT2D eigenvalue weighted by molar-refractivity contribution is -0.129. The van der Waals surface area contributed by atoms with E-state index < -0.39 is 12.1 Å². The minimum atomic E-state index is -0.893. The van der Waals surface area contributed by atoms with Crippen LogP contribution in [0.3, 0.4) is 0 Å². The number of benzene rings is 1. The summed E-state index contributed by atoms with van der Waals surface area (Å²) >= 11 is 0. The van der Waals surface area contributed by atoms with Crippen LogP contribution in [0.5, 0.6) is 0 Å². The van der Waals surface area contributed by atoms with Gasteiger partial charge in [0, 0.05) is 24.6 Å². The first-order valence-corrected chi connectivity index (χ1v) is 7.06. The molecule has 2 rings (SSSR count). The third-order valence-corrected chi connectivity index (χ3v) is 3.18. The Morgan fingerprint density at radius 1 is 1.32 bits per heavy atom. The van der Waals surface area contributed by atoms with Crippen LogP contribution < -0.4 is 5.32 Å². The maximum absolute atomic E-state index is 12.3. The van der Waals surface area contributed by atoms with Gasteiger partial charge in [-0.25, -0.2) is 4.79 Å². The van der Waals surface area contributed by atoms with Crippen molar-refractivity contribution in [3.8, 4) is 0 Å². The van der Waals surface area contributed by atoms with Crippen molar-refractivity contribution >= 4 is 22.8 Å². The van der Waals surface area contributed by atoms with Crippen LogP contribution in [-0.2, 0) is 20.9 Å². The largest absolute Gasteiger partial charge is 0.449 e. The van der Waals surface area contributed by atoms with Gasteiger partial charge in [0.2, 0.25) is 5.76 Å². The Hall–Kier alpha value is -2.34. The van der Waals surface area contributed by atoms with E-state index in [2.05, 4.69) is 5.32 Å². The van der Waals surface area contributed by atoms with E-state index in [1.54, 1.807) is 13.0 Å². The normalized spacial score (nSPS) is 12.1. The molecule has 6 heteroatoms. The van der Waals surface area contributed by atoms with Crippen LogP contribution in [0.1, 0.15) is 30.0 Å². The molecule has 6 nitrogen and oxygen atoms in total. The number of carbonyl (C=O) groups is 2. The second-order valence-corrected chi connectivity index (χ2v) is 4.78. The minimum absolute atomic E-state index is 0.0687. The topological polar surface area (TPSA) is 77.8 Å². The number of carbonyl (C=O) groups excluding carboxylic acids is 2. The molecule has 1 aromatic carbocycles. The second kappa shape index (κ2) is 7.09. The predicted molar refractivity (Wildman–Crippen MR) is 80.5 cm³/mol. The zero-order valence-electron chi connectivity index (χ0n) is 12.8. The van der Waals surface area contributed by atoms with Crippen LogP contribution in [0.25, 0.3) is 11.0 Å². The Morgan fingerprint density at radius 2 is 2.05 bits per heavy atom. The van der Waals surface area contributed by atoms with Crippen molar-refractivity contribution in [3.63, 3.8) is 0 Å². The van der Waals surface area contributed by atoms with Gasteiger partial charge in [0.25, 0.3) is 5.91 Å². The van der Waals surface area contributed by atoms with Crippen LogP contribution in [0.2, 0.25) is 0 Å². The van der Waals surface area contributed by atoms with Gasteiger partial charge < -0.3 is 19.2 Å². The maximum atomic E-state index is 12.3. The molecular weight excluding hydrogens is 286 g/mol. The van der Waals surface area contributed by atoms with Crippen molar-refractivity contribution in [1.29, 1.82) is 0 Å². The molecule has 0 saturated carbocycles. The van der Waals surface area contributed by atoms with Gasteiger partial charge in [0.05, 0.1) is 6.61 Å². The van der Waals surface area contributed by atoms with E-state index in [0.29, 0.717) is 17.7 Å². The summed E-state index contributed by atoms with van der Waals surface area (Å²) in [5, 5.41) is 3.39. The van der Waals surface area contributed by atoms with Gasteiger partial charge in [-0.05, 0) is 19.9 Å². The van der Waals surface area contributed by atoms with Gasteiger partial charge in [0.1, 0.15) is 5.58 Å². The molecule has 1 heterocycles. The number of rotatable bonds is 6. The molecule has 1 N–H and O–H groups in total. The van der Waals surface area contributed by atoms with E-state index in [9.17, 15) is 9.59 Å². The van der Waals surface area contributed by atoms with Crippen LogP contribution >= 0.6 is 0 Å². The van der Waals surface area contributed by atoms with Gasteiger partial charge in [-0.3, -0.25) is 4.79 Å². The average Bonchev–Trinajstić information content (AvgIpc) is 2.87. The summed E-state index contributed by atoms with van der Waals surface area (Å²) in [5.41, 5.74) is 1.19. The molecule has 0 unspecified atom stereocenters. The molecular formula is C16H19NO5. The average molecular weight is 305 g/mol. The van der Waals surface area contributed by atoms with E-state index in [1.165, 1.54) is 14.0 Å². The first-order chi connectivity index (χ1) is 10.6. The highest BCUT2D eigenvalue weighted by Crippen LogP contribution is 2.27. The van der Waals surface area contributed by atoms with Crippen LogP contribution in [0.15, 0.2) is 28.7 Å². The highest BCUT2D eigenvalue weighted by Gasteiger charge is 2.25. The van der Waals surface area contributed by atoms with Gasteiger partial charge >= 0.3 is 5.97 Å². The Bertz CT molecular complexity index is 676. The molecule has 1 amide bonds. The number of furan rings is 1. The summed E-state index contributed by atoms with van der Waals surface area (Å²) < 4.78 is 15.9. The summed E-state index contributed by atoms with van der Waals surface area (Å²) in [4.78, 5) is 23.9. The molecule has 0 aliphatic heterocycles. The summed E-state index contributed by atoms with van der Waals surface area (Å²) in [7, 11) is 1.54. The number of ether oxygens (including phenoxy) is 2. The van der Waals surface area contributed by atoms with Gasteiger partial charge in [0.15, 0.2) is 6.10 Å². The molecule has 2 aromatic rings. The fraction of sp³-hybridized carbons (Fsp3) is 0.375. The lowest BCUT2D eigenvalue weighted by Gasteiger charge is -2.12. The first kappa shape index (κ1) is 16.0. The number of nitrogens with one attached hydrogen (secondary N) is 1. The first-order valence-electron chi connectivity index (χ1n) is 7.06. The van der Waals surface area contributed by atoms with Crippen molar-refractivity contribution < 1.29 is 23.5 Å². The quantitative estimate of drug-likeness (QED) is 0.828. The summed E-state index contributed by atoms with van der Waals surface area (Å²) in [6, 6.07) is 7.27. The molecule has 0 saturated heterocycles. The maximum Gasteiger partial charge on any atom is 0.375 e. The van der Waals surface area contributed by atoms with E-state index in [1.807, 2.05) is 18.2 Å². The van der Waals surface area contributed by atoms with E-state index in [4.69, 9.17) is 13.9 Å². The van der Waals surface area contributed by atoms with Crippen molar-refractivity contribution in [2.75, 3.05) is 13.7 Å². The summed E-state index contributed by atoms with van der Waals surface area (Å²) in [6.45, 7) is 4.00. The standard InChI is InChI=1S/C16H19NO5/c1-4-17-15(18)10(2)21-16(19)14-12(9-20-3)11-7-5-6-8-13(11)22-14/h5-8,10H,4,9H2,1-3H3,(H,17,18)/t10-/m1/s1. The molecule has 1 atom stereocenters. The molecule has 118 valence electrons. The summed E-state index contributed by atoms with van der Waals surface area (Å²) in [6.07, 6.45) is -0.893. The fourth-order valence-electron chi connectivity index (χ4n) is 2.14. The second-order valence-electron chi connectivity index (χ2n) is 4.78. The van der Waals surface area contributed by atoms with Crippen molar-refractivity contribution in [2.24, 2.45) is 0 Å². The lowest BCUT2D eigenvalue weighted by atomic mass is 10.1. The Morgan fingerprint density at radius 3 is 2.73 bits per heavy atom. The van der Waals surface area contributed by atoms with Crippen LogP contribution in [0, 0.1) is 0 Å². The third-order valence-electron chi connectivity index (χ3n) is 3.18. The number of amides is 1. The Kier molecular flexibility index (Phi) is 5.16. The highest BCUT2D eigenvalue weighted by atomic mass is 16.6. The smallest absolute Gasteiger partial charge is 0.375 e. The van der Waals surface area contributed by atoms with Crippen LogP contribution in [-0.4, -0.2) is 31.6 Å². The lowest BCUT2D eigenvalue weighted by Crippen LogP contribution is -2.35. The molecule has 0 fully saturated rings. The molecule has 1 aromatic heterocycles. The minimum Gasteiger partial charge on any atom is -0.449 e. The number of fused-ring (bicyclic) bond motifs is 1. The van der Waals surface area contributed by atoms with Gasteiger partial charge in [-0.15, -0.1) is 0 Å². The van der Waals surface area contributed by atoms with E-state index >= 15 is 0 Å². The van der Waals surface area contributed by atoms with Crippen LogP contribution in [0.4, 0.5) is 0 Å². The molecule has 0 bridgehead atoms. The number of hydrogen-bond acceptors (Lipinski definition) is 5. The molecule has 0 spiro atoms. The summed E-state index contributed by atoms with van der Waals surface area (Å²) in [5.74, 6) is -0.957. The zero-order chi connectivity index (χ0) is 16.1. The van der Waals surface area contributed by atoms with Crippen molar-refractivity contribution in [1.82, 2.24) is 5.32 Å². The van der Waals surface area contributed by atoms with Crippen molar-refractivity contribution in [2.45, 2.75) is 26.6 Å². The van der Waals surface area contributed by atoms with Gasteiger partial charge in [-0.1, -0.05) is 18.2 Å². The zero-order valence-corrected chi connectivity index (χ0v) is 12.8. The number of methoxy groups -OCH3 is 1. The number of esters is 1. The predicted octanol–water partition coefficient (Wildman–Crippen LogP) is 2.26. The monoisotopic (exact) mass is 305 g/mol. The number of hydrogen-bond donors (Lipinski definition) is 1. The number of para-hydroxylation sites is 1. The van der Waals surface area contributed by atoms with Crippen molar-refractivity contribution in [3.05, 3.63) is 35.6 Å². The van der Waals surface area contributed by atoms with Gasteiger partial charge in [-0.2, -0.15) is 0 Å². The van der Waals surface area contributed by atoms with E-state index in [0.717, 1.165) is 5.39 Å². The molecule has 0 aliphatic rings. The molecule has 22 heavy (non-hydrogen) atoms. The third kappa shape index (κ3) is 3.28. The fourth-order valence-corrected chi connectivity index (χ4v) is 2.14.